The molecule has 0 saturated carbocycles. The average molecular weight is 527 g/mol. The molecule has 1 N–H and O–H groups in total. The Labute approximate surface area is 216 Å². The van der Waals surface area contributed by atoms with Gasteiger partial charge in [0.05, 0.1) is 17.7 Å². The lowest BCUT2D eigenvalue weighted by Gasteiger charge is -2.28. The topological polar surface area (TPSA) is 91.8 Å². The fraction of sp³-hybridized carbons (Fsp3) is 0.385. The molecule has 36 heavy (non-hydrogen) atoms. The van der Waals surface area contributed by atoms with E-state index in [1.165, 1.54) is 38.9 Å². The Morgan fingerprint density at radius 2 is 1.83 bits per heavy atom. The van der Waals surface area contributed by atoms with Crippen LogP contribution < -0.4 is 10.1 Å². The van der Waals surface area contributed by atoms with Crippen LogP contribution >= 0.6 is 11.3 Å². The molecule has 0 bridgehead atoms. The van der Waals surface area contributed by atoms with Gasteiger partial charge >= 0.3 is 0 Å². The second-order valence-electron chi connectivity index (χ2n) is 9.18. The molecule has 8 nitrogen and oxygen atoms in total. The van der Waals surface area contributed by atoms with Crippen molar-refractivity contribution < 1.29 is 17.9 Å². The number of piperidine rings is 1. The van der Waals surface area contributed by atoms with Crippen LogP contribution in [0.25, 0.3) is 0 Å². The summed E-state index contributed by atoms with van der Waals surface area (Å²) < 4.78 is 32.5. The van der Waals surface area contributed by atoms with E-state index in [-0.39, 0.29) is 10.8 Å². The molecule has 1 aromatic heterocycles. The summed E-state index contributed by atoms with van der Waals surface area (Å²) >= 11 is 1.39. The number of anilines is 1. The van der Waals surface area contributed by atoms with E-state index in [2.05, 4.69) is 27.3 Å². The monoisotopic (exact) mass is 526 g/mol. The third-order valence-corrected chi connectivity index (χ3v) is 9.45. The molecular weight excluding hydrogens is 496 g/mol. The highest BCUT2D eigenvalue weighted by Crippen LogP contribution is 2.26. The summed E-state index contributed by atoms with van der Waals surface area (Å²) in [5.41, 5.74) is 3.94. The molecular formula is C26H30N4O4S2. The van der Waals surface area contributed by atoms with E-state index in [9.17, 15) is 13.2 Å². The number of methoxy groups -OCH3 is 1. The lowest BCUT2D eigenvalue weighted by Crippen LogP contribution is -2.35. The van der Waals surface area contributed by atoms with Crippen molar-refractivity contribution in [3.05, 3.63) is 70.2 Å². The number of benzene rings is 2. The number of rotatable bonds is 7. The van der Waals surface area contributed by atoms with Crippen LogP contribution in [-0.4, -0.2) is 55.3 Å². The number of fused-ring (bicyclic) bond motifs is 1. The molecule has 0 spiro atoms. The van der Waals surface area contributed by atoms with Crippen molar-refractivity contribution in [3.63, 3.8) is 0 Å². The smallest absolute Gasteiger partial charge is 0.257 e. The van der Waals surface area contributed by atoms with Gasteiger partial charge in [0, 0.05) is 43.7 Å². The van der Waals surface area contributed by atoms with Crippen LogP contribution in [0, 0.1) is 0 Å². The number of nitrogens with one attached hydrogen (secondary N) is 1. The first kappa shape index (κ1) is 24.9. The van der Waals surface area contributed by atoms with Gasteiger partial charge in [-0.1, -0.05) is 12.5 Å². The lowest BCUT2D eigenvalue weighted by molar-refractivity contribution is 0.102. The number of carbonyl (C=O) groups excluding carboxylic acids is 1. The van der Waals surface area contributed by atoms with Crippen molar-refractivity contribution >= 4 is 32.4 Å². The third-order valence-electron chi connectivity index (χ3n) is 6.73. The van der Waals surface area contributed by atoms with E-state index in [1.807, 2.05) is 11.4 Å². The first-order valence-electron chi connectivity index (χ1n) is 12.2. The lowest BCUT2D eigenvalue weighted by atomic mass is 9.99. The Kier molecular flexibility index (Phi) is 7.38. The SMILES string of the molecule is COc1ccc2c(c1)CCN(Cc1csc(NC(=O)c3ccc(S(=O)(=O)N4CCCCC4)cc3)n1)C2. The van der Waals surface area contributed by atoms with Crippen LogP contribution in [0.4, 0.5) is 5.13 Å². The largest absolute Gasteiger partial charge is 0.497 e. The first-order valence-corrected chi connectivity index (χ1v) is 14.5. The summed E-state index contributed by atoms with van der Waals surface area (Å²) in [6.45, 7) is 3.60. The van der Waals surface area contributed by atoms with E-state index in [0.717, 1.165) is 50.2 Å². The predicted octanol–water partition coefficient (Wildman–Crippen LogP) is 4.14. The van der Waals surface area contributed by atoms with Crippen molar-refractivity contribution in [2.24, 2.45) is 0 Å². The quantitative estimate of drug-likeness (QED) is 0.498. The minimum atomic E-state index is -3.52. The van der Waals surface area contributed by atoms with E-state index in [1.54, 1.807) is 19.2 Å². The number of thiazole rings is 1. The van der Waals surface area contributed by atoms with Crippen LogP contribution in [0.5, 0.6) is 5.75 Å². The molecule has 5 rings (SSSR count). The highest BCUT2D eigenvalue weighted by molar-refractivity contribution is 7.89. The molecule has 190 valence electrons. The molecule has 3 heterocycles. The van der Waals surface area contributed by atoms with Gasteiger partial charge in [0.2, 0.25) is 10.0 Å². The maximum Gasteiger partial charge on any atom is 0.257 e. The molecule has 2 aliphatic heterocycles. The minimum absolute atomic E-state index is 0.221. The Morgan fingerprint density at radius 1 is 1.06 bits per heavy atom. The van der Waals surface area contributed by atoms with Crippen LogP contribution in [0.15, 0.2) is 52.7 Å². The molecule has 10 heteroatoms. The maximum atomic E-state index is 12.8. The fourth-order valence-corrected chi connectivity index (χ4v) is 6.93. The van der Waals surface area contributed by atoms with Crippen molar-refractivity contribution in [1.82, 2.24) is 14.2 Å². The van der Waals surface area contributed by atoms with Crippen LogP contribution in [0.1, 0.15) is 46.4 Å². The van der Waals surface area contributed by atoms with Gasteiger partial charge in [0.25, 0.3) is 5.91 Å². The van der Waals surface area contributed by atoms with Gasteiger partial charge in [0.1, 0.15) is 5.75 Å². The molecule has 1 amide bonds. The van der Waals surface area contributed by atoms with Gasteiger partial charge in [-0.15, -0.1) is 11.3 Å². The molecule has 1 fully saturated rings. The van der Waals surface area contributed by atoms with Gasteiger partial charge in [-0.2, -0.15) is 4.31 Å². The van der Waals surface area contributed by atoms with Gasteiger partial charge in [0.15, 0.2) is 5.13 Å². The van der Waals surface area contributed by atoms with Gasteiger partial charge in [-0.05, 0) is 66.8 Å². The number of nitrogens with zero attached hydrogens (tertiary/aromatic N) is 3. The zero-order valence-corrected chi connectivity index (χ0v) is 21.9. The normalized spacial score (nSPS) is 16.9. The van der Waals surface area contributed by atoms with Gasteiger partial charge in [-0.25, -0.2) is 13.4 Å². The summed E-state index contributed by atoms with van der Waals surface area (Å²) in [6, 6.07) is 12.4. The summed E-state index contributed by atoms with van der Waals surface area (Å²) in [6.07, 6.45) is 3.79. The first-order chi connectivity index (χ1) is 17.4. The van der Waals surface area contributed by atoms with Crippen LogP contribution in [0.3, 0.4) is 0 Å². The summed E-state index contributed by atoms with van der Waals surface area (Å²) in [5, 5.41) is 5.34. The summed E-state index contributed by atoms with van der Waals surface area (Å²) in [4.78, 5) is 19.9. The van der Waals surface area contributed by atoms with Crippen molar-refractivity contribution in [2.45, 2.75) is 43.7 Å². The van der Waals surface area contributed by atoms with E-state index in [4.69, 9.17) is 4.74 Å². The number of aromatic nitrogens is 1. The van der Waals surface area contributed by atoms with E-state index >= 15 is 0 Å². The Hall–Kier alpha value is -2.79. The van der Waals surface area contributed by atoms with Crippen LogP contribution in [0.2, 0.25) is 0 Å². The molecule has 2 aromatic carbocycles. The Balaban J connectivity index is 1.18. The van der Waals surface area contributed by atoms with Gasteiger partial charge in [-0.3, -0.25) is 15.0 Å². The molecule has 3 aromatic rings. The van der Waals surface area contributed by atoms with Crippen molar-refractivity contribution in [2.75, 3.05) is 32.1 Å². The minimum Gasteiger partial charge on any atom is -0.497 e. The molecule has 2 aliphatic rings. The predicted molar refractivity (Wildman–Crippen MR) is 140 cm³/mol. The van der Waals surface area contributed by atoms with Crippen molar-refractivity contribution in [3.8, 4) is 5.75 Å². The highest BCUT2D eigenvalue weighted by atomic mass is 32.2. The van der Waals surface area contributed by atoms with Crippen LogP contribution in [-0.2, 0) is 29.5 Å². The number of amides is 1. The number of sulfonamides is 1. The Morgan fingerprint density at radius 3 is 2.58 bits per heavy atom. The molecule has 0 radical (unpaired) electrons. The molecule has 0 aliphatic carbocycles. The zero-order valence-electron chi connectivity index (χ0n) is 20.3. The maximum absolute atomic E-state index is 12.8. The molecule has 0 unspecified atom stereocenters. The summed E-state index contributed by atoms with van der Waals surface area (Å²) in [7, 11) is -1.83. The average Bonchev–Trinajstić information content (AvgIpc) is 3.35. The molecule has 1 saturated heterocycles. The Bertz CT molecular complexity index is 1330. The zero-order chi connectivity index (χ0) is 25.1. The number of hydrogen-bond acceptors (Lipinski definition) is 7. The third kappa shape index (κ3) is 5.46. The highest BCUT2D eigenvalue weighted by Gasteiger charge is 2.26. The summed E-state index contributed by atoms with van der Waals surface area (Å²) in [5.74, 6) is 0.582. The second-order valence-corrected chi connectivity index (χ2v) is 12.0. The van der Waals surface area contributed by atoms with E-state index in [0.29, 0.717) is 30.3 Å². The number of carbonyl (C=O) groups is 1. The van der Waals surface area contributed by atoms with E-state index < -0.39 is 10.0 Å². The standard InChI is InChI=1S/C26H30N4O4S2/c1-34-23-8-5-21-16-29(14-11-20(21)15-23)17-22-18-35-26(27-22)28-25(31)19-6-9-24(10-7-19)36(32,33)30-12-3-2-4-13-30/h5-10,15,18H,2-4,11-14,16-17H2,1H3,(H,27,28,31). The fourth-order valence-electron chi connectivity index (χ4n) is 4.72. The molecule has 0 atom stereocenters. The van der Waals surface area contributed by atoms with Crippen molar-refractivity contribution in [1.29, 1.82) is 0 Å². The number of hydrogen-bond donors (Lipinski definition) is 1. The second kappa shape index (κ2) is 10.7. The number of ether oxygens (including phenoxy) is 1. The van der Waals surface area contributed by atoms with Gasteiger partial charge < -0.3 is 4.74 Å².